The summed E-state index contributed by atoms with van der Waals surface area (Å²) >= 11 is 0. The Morgan fingerprint density at radius 3 is 2.20 bits per heavy atom. The summed E-state index contributed by atoms with van der Waals surface area (Å²) in [6.45, 7) is 0.757. The van der Waals surface area contributed by atoms with Gasteiger partial charge >= 0.3 is 6.18 Å². The van der Waals surface area contributed by atoms with E-state index in [4.69, 9.17) is 4.42 Å². The second-order valence-corrected chi connectivity index (χ2v) is 6.90. The quantitative estimate of drug-likeness (QED) is 0.736. The van der Waals surface area contributed by atoms with E-state index in [1.54, 1.807) is 12.1 Å². The molecule has 1 atom stereocenters. The fraction of sp³-hybridized carbons (Fsp3) is 0.526. The van der Waals surface area contributed by atoms with Gasteiger partial charge in [0, 0.05) is 11.5 Å². The van der Waals surface area contributed by atoms with Crippen LogP contribution < -0.4 is 0 Å². The molecule has 0 amide bonds. The van der Waals surface area contributed by atoms with Crippen LogP contribution in [0.15, 0.2) is 35.1 Å². The Labute approximate surface area is 144 Å². The molecule has 1 aromatic carbocycles. The molecular weight excluding hydrogens is 331 g/mol. The molecule has 0 aliphatic heterocycles. The number of aliphatic hydroxyl groups is 1. The molecule has 3 nitrogen and oxygen atoms in total. The molecule has 6 heteroatoms. The summed E-state index contributed by atoms with van der Waals surface area (Å²) in [5, 5.41) is 9.77. The first kappa shape index (κ1) is 18.0. The molecule has 25 heavy (non-hydrogen) atoms. The van der Waals surface area contributed by atoms with Crippen LogP contribution in [0.3, 0.4) is 0 Å². The van der Waals surface area contributed by atoms with E-state index in [1.165, 1.54) is 31.4 Å². The van der Waals surface area contributed by atoms with E-state index in [-0.39, 0.29) is 5.56 Å². The van der Waals surface area contributed by atoms with E-state index in [2.05, 4.69) is 4.98 Å². The summed E-state index contributed by atoms with van der Waals surface area (Å²) in [7, 11) is 0. The highest BCUT2D eigenvalue weighted by Crippen LogP contribution is 2.40. The third kappa shape index (κ3) is 3.59. The third-order valence-electron chi connectivity index (χ3n) is 5.10. The Kier molecular flexibility index (Phi) is 4.91. The summed E-state index contributed by atoms with van der Waals surface area (Å²) in [4.78, 5) is 4.37. The third-order valence-corrected chi connectivity index (χ3v) is 5.10. The highest BCUT2D eigenvalue weighted by atomic mass is 19.4. The Morgan fingerprint density at radius 2 is 1.64 bits per heavy atom. The SMILES string of the molecule is CC(O)(c1ccc(-c2ocnc2C2CCCCCC2)cc1)C(F)(F)F. The average molecular weight is 353 g/mol. The van der Waals surface area contributed by atoms with Crippen LogP contribution in [0.4, 0.5) is 13.2 Å². The van der Waals surface area contributed by atoms with Crippen LogP contribution >= 0.6 is 0 Å². The smallest absolute Gasteiger partial charge is 0.421 e. The van der Waals surface area contributed by atoms with Crippen molar-refractivity contribution in [3.05, 3.63) is 41.9 Å². The molecule has 2 aromatic rings. The van der Waals surface area contributed by atoms with Gasteiger partial charge in [0.05, 0.1) is 5.69 Å². The maximum absolute atomic E-state index is 13.0. The lowest BCUT2D eigenvalue weighted by Crippen LogP contribution is -2.39. The number of halogens is 3. The van der Waals surface area contributed by atoms with Crippen molar-refractivity contribution in [1.82, 2.24) is 4.98 Å². The lowest BCUT2D eigenvalue weighted by atomic mass is 9.91. The molecule has 0 bridgehead atoms. The number of benzene rings is 1. The van der Waals surface area contributed by atoms with Gasteiger partial charge in [0.2, 0.25) is 0 Å². The molecule has 136 valence electrons. The fourth-order valence-electron chi connectivity index (χ4n) is 3.42. The van der Waals surface area contributed by atoms with E-state index in [1.807, 2.05) is 0 Å². The summed E-state index contributed by atoms with van der Waals surface area (Å²) in [6.07, 6.45) is 3.55. The Morgan fingerprint density at radius 1 is 1.04 bits per heavy atom. The van der Waals surface area contributed by atoms with E-state index in [9.17, 15) is 18.3 Å². The van der Waals surface area contributed by atoms with Gasteiger partial charge < -0.3 is 9.52 Å². The zero-order valence-corrected chi connectivity index (χ0v) is 14.1. The van der Waals surface area contributed by atoms with Crippen molar-refractivity contribution in [1.29, 1.82) is 0 Å². The summed E-state index contributed by atoms with van der Waals surface area (Å²) < 4.78 is 44.4. The topological polar surface area (TPSA) is 46.3 Å². The van der Waals surface area contributed by atoms with E-state index in [0.717, 1.165) is 38.3 Å². The normalized spacial score (nSPS) is 19.4. The molecule has 1 aromatic heterocycles. The monoisotopic (exact) mass is 353 g/mol. The van der Waals surface area contributed by atoms with Gasteiger partial charge in [-0.3, -0.25) is 0 Å². The minimum Gasteiger partial charge on any atom is -0.443 e. The number of hydrogen-bond donors (Lipinski definition) is 1. The lowest BCUT2D eigenvalue weighted by Gasteiger charge is -2.26. The lowest BCUT2D eigenvalue weighted by molar-refractivity contribution is -0.258. The van der Waals surface area contributed by atoms with Crippen molar-refractivity contribution in [2.24, 2.45) is 0 Å². The van der Waals surface area contributed by atoms with Crippen LogP contribution in [0.25, 0.3) is 11.3 Å². The van der Waals surface area contributed by atoms with E-state index < -0.39 is 11.8 Å². The zero-order valence-electron chi connectivity index (χ0n) is 14.1. The van der Waals surface area contributed by atoms with E-state index >= 15 is 0 Å². The first-order valence-electron chi connectivity index (χ1n) is 8.64. The number of hydrogen-bond acceptors (Lipinski definition) is 3. The van der Waals surface area contributed by atoms with Gasteiger partial charge in [-0.05, 0) is 25.3 Å². The largest absolute Gasteiger partial charge is 0.443 e. The average Bonchev–Trinajstić information content (AvgIpc) is 2.89. The van der Waals surface area contributed by atoms with Crippen molar-refractivity contribution in [3.63, 3.8) is 0 Å². The molecule has 1 aliphatic rings. The maximum atomic E-state index is 13.0. The Hall–Kier alpha value is -1.82. The molecular formula is C19H22F3NO2. The number of alkyl halides is 3. The molecule has 1 fully saturated rings. The standard InChI is InChI=1S/C19H22F3NO2/c1-18(24,19(20,21)22)15-10-8-14(9-11-15)17-16(23-12-25-17)13-6-4-2-3-5-7-13/h8-13,24H,2-7H2,1H3. The number of nitrogens with zero attached hydrogens (tertiary/aromatic N) is 1. The van der Waals surface area contributed by atoms with Gasteiger partial charge in [-0.2, -0.15) is 13.2 Å². The van der Waals surface area contributed by atoms with Crippen LogP contribution in [-0.4, -0.2) is 16.3 Å². The maximum Gasteiger partial charge on any atom is 0.421 e. The van der Waals surface area contributed by atoms with Crippen molar-refractivity contribution >= 4 is 0 Å². The van der Waals surface area contributed by atoms with Crippen LogP contribution in [0.1, 0.15) is 62.6 Å². The number of aromatic nitrogens is 1. The first-order chi connectivity index (χ1) is 11.8. The molecule has 1 unspecified atom stereocenters. The van der Waals surface area contributed by atoms with Gasteiger partial charge in [-0.1, -0.05) is 49.9 Å². The molecule has 1 heterocycles. The van der Waals surface area contributed by atoms with Crippen LogP contribution in [0.5, 0.6) is 0 Å². The first-order valence-corrected chi connectivity index (χ1v) is 8.64. The molecule has 1 saturated carbocycles. The van der Waals surface area contributed by atoms with Crippen LogP contribution in [0, 0.1) is 0 Å². The predicted octanol–water partition coefficient (Wildman–Crippen LogP) is 5.55. The Balaban J connectivity index is 1.88. The predicted molar refractivity (Wildman–Crippen MR) is 88.0 cm³/mol. The summed E-state index contributed by atoms with van der Waals surface area (Å²) in [6, 6.07) is 5.69. The van der Waals surface area contributed by atoms with Crippen LogP contribution in [0.2, 0.25) is 0 Å². The van der Waals surface area contributed by atoms with Gasteiger partial charge in [-0.25, -0.2) is 4.98 Å². The van der Waals surface area contributed by atoms with Crippen molar-refractivity contribution in [2.75, 3.05) is 0 Å². The second-order valence-electron chi connectivity index (χ2n) is 6.90. The summed E-state index contributed by atoms with van der Waals surface area (Å²) in [5.74, 6) is 0.944. The van der Waals surface area contributed by atoms with Crippen molar-refractivity contribution < 1.29 is 22.7 Å². The van der Waals surface area contributed by atoms with Crippen LogP contribution in [-0.2, 0) is 5.60 Å². The minimum absolute atomic E-state index is 0.195. The van der Waals surface area contributed by atoms with Crippen molar-refractivity contribution in [3.8, 4) is 11.3 Å². The molecule has 0 radical (unpaired) electrons. The number of oxazole rings is 1. The summed E-state index contributed by atoms with van der Waals surface area (Å²) in [5.41, 5.74) is -1.51. The van der Waals surface area contributed by atoms with Gasteiger partial charge in [0.1, 0.15) is 0 Å². The highest BCUT2D eigenvalue weighted by Gasteiger charge is 2.51. The number of rotatable bonds is 3. The fourth-order valence-corrected chi connectivity index (χ4v) is 3.42. The van der Waals surface area contributed by atoms with Crippen molar-refractivity contribution in [2.45, 2.75) is 63.1 Å². The Bertz CT molecular complexity index is 696. The molecule has 1 aliphatic carbocycles. The minimum atomic E-state index is -4.73. The van der Waals surface area contributed by atoms with E-state index in [0.29, 0.717) is 17.2 Å². The molecule has 3 rings (SSSR count). The van der Waals surface area contributed by atoms with Gasteiger partial charge in [0.25, 0.3) is 0 Å². The molecule has 0 saturated heterocycles. The molecule has 0 spiro atoms. The highest BCUT2D eigenvalue weighted by molar-refractivity contribution is 5.61. The molecule has 1 N–H and O–H groups in total. The van der Waals surface area contributed by atoms with Gasteiger partial charge in [-0.15, -0.1) is 0 Å². The van der Waals surface area contributed by atoms with Gasteiger partial charge in [0.15, 0.2) is 17.8 Å². The zero-order chi connectivity index (χ0) is 18.1. The second kappa shape index (κ2) is 6.83.